The molecule has 20 heavy (non-hydrogen) atoms. The molecular formula is C14H17NO5. The molecular weight excluding hydrogens is 262 g/mol. The van der Waals surface area contributed by atoms with E-state index in [4.69, 9.17) is 14.6 Å². The molecule has 1 amide bonds. The standard InChI is InChI=1S/C14H17NO5/c1-19-10-4-6-11(7-5-10)20-9-13(16)15-8-2-3-12(15)14(17)18/h4-7,12H,2-3,8-9H2,1H3,(H,17,18). The molecule has 6 heteroatoms. The van der Waals surface area contributed by atoms with Crippen molar-refractivity contribution < 1.29 is 24.2 Å². The number of ether oxygens (including phenoxy) is 2. The fourth-order valence-corrected chi connectivity index (χ4v) is 2.22. The molecule has 0 aromatic heterocycles. The number of carboxylic acid groups (broad SMARTS) is 1. The third kappa shape index (κ3) is 3.20. The predicted octanol–water partition coefficient (Wildman–Crippen LogP) is 1.15. The molecule has 0 radical (unpaired) electrons. The quantitative estimate of drug-likeness (QED) is 0.875. The van der Waals surface area contributed by atoms with E-state index in [1.165, 1.54) is 4.90 Å². The Morgan fingerprint density at radius 1 is 1.30 bits per heavy atom. The van der Waals surface area contributed by atoms with Crippen LogP contribution < -0.4 is 9.47 Å². The number of amides is 1. The van der Waals surface area contributed by atoms with E-state index in [0.29, 0.717) is 30.9 Å². The summed E-state index contributed by atoms with van der Waals surface area (Å²) in [6, 6.07) is 6.14. The third-order valence-electron chi connectivity index (χ3n) is 3.28. The van der Waals surface area contributed by atoms with Gasteiger partial charge >= 0.3 is 5.97 Å². The fourth-order valence-electron chi connectivity index (χ4n) is 2.22. The van der Waals surface area contributed by atoms with Crippen molar-refractivity contribution in [1.29, 1.82) is 0 Å². The maximum absolute atomic E-state index is 12.0. The van der Waals surface area contributed by atoms with Crippen molar-refractivity contribution in [3.63, 3.8) is 0 Å². The largest absolute Gasteiger partial charge is 0.497 e. The van der Waals surface area contributed by atoms with Crippen LogP contribution in [0, 0.1) is 0 Å². The first-order valence-corrected chi connectivity index (χ1v) is 6.41. The zero-order valence-electron chi connectivity index (χ0n) is 11.2. The molecule has 2 rings (SSSR count). The van der Waals surface area contributed by atoms with Gasteiger partial charge in [-0.3, -0.25) is 4.79 Å². The molecule has 1 unspecified atom stereocenters. The van der Waals surface area contributed by atoms with Gasteiger partial charge < -0.3 is 19.5 Å². The summed E-state index contributed by atoms with van der Waals surface area (Å²) >= 11 is 0. The van der Waals surface area contributed by atoms with E-state index in [0.717, 1.165) is 0 Å². The van der Waals surface area contributed by atoms with Crippen molar-refractivity contribution in [2.45, 2.75) is 18.9 Å². The third-order valence-corrected chi connectivity index (χ3v) is 3.28. The lowest BCUT2D eigenvalue weighted by molar-refractivity contribution is -0.148. The highest BCUT2D eigenvalue weighted by Gasteiger charge is 2.33. The molecule has 1 N–H and O–H groups in total. The molecule has 1 saturated heterocycles. The van der Waals surface area contributed by atoms with Crippen LogP contribution in [0.15, 0.2) is 24.3 Å². The second-order valence-electron chi connectivity index (χ2n) is 4.55. The van der Waals surface area contributed by atoms with Crippen molar-refractivity contribution in [2.75, 3.05) is 20.3 Å². The SMILES string of the molecule is COc1ccc(OCC(=O)N2CCCC2C(=O)O)cc1. The number of aliphatic carboxylic acids is 1. The zero-order valence-corrected chi connectivity index (χ0v) is 11.2. The number of benzene rings is 1. The van der Waals surface area contributed by atoms with E-state index in [-0.39, 0.29) is 12.5 Å². The van der Waals surface area contributed by atoms with Crippen molar-refractivity contribution in [1.82, 2.24) is 4.90 Å². The van der Waals surface area contributed by atoms with Crippen molar-refractivity contribution in [3.8, 4) is 11.5 Å². The molecule has 1 aromatic carbocycles. The van der Waals surface area contributed by atoms with Crippen molar-refractivity contribution in [3.05, 3.63) is 24.3 Å². The van der Waals surface area contributed by atoms with Crippen LogP contribution in [0.3, 0.4) is 0 Å². The highest BCUT2D eigenvalue weighted by molar-refractivity contribution is 5.85. The number of hydrogen-bond donors (Lipinski definition) is 1. The van der Waals surface area contributed by atoms with Gasteiger partial charge in [0.1, 0.15) is 17.5 Å². The minimum absolute atomic E-state index is 0.157. The maximum Gasteiger partial charge on any atom is 0.326 e. The highest BCUT2D eigenvalue weighted by Crippen LogP contribution is 2.19. The van der Waals surface area contributed by atoms with Crippen LogP contribution in [0.4, 0.5) is 0 Å². The van der Waals surface area contributed by atoms with Crippen LogP contribution in [0.5, 0.6) is 11.5 Å². The Kier molecular flexibility index (Phi) is 4.45. The second kappa shape index (κ2) is 6.27. The summed E-state index contributed by atoms with van der Waals surface area (Å²) < 4.78 is 10.4. The summed E-state index contributed by atoms with van der Waals surface area (Å²) in [7, 11) is 1.57. The van der Waals surface area contributed by atoms with Gasteiger partial charge in [0, 0.05) is 6.54 Å². The first-order chi connectivity index (χ1) is 9.61. The van der Waals surface area contributed by atoms with E-state index in [1.807, 2.05) is 0 Å². The van der Waals surface area contributed by atoms with Crippen molar-refractivity contribution >= 4 is 11.9 Å². The molecule has 0 aliphatic carbocycles. The minimum atomic E-state index is -0.958. The summed E-state index contributed by atoms with van der Waals surface area (Å²) in [6.45, 7) is 0.317. The molecule has 6 nitrogen and oxygen atoms in total. The monoisotopic (exact) mass is 279 g/mol. The number of carboxylic acids is 1. The van der Waals surface area contributed by atoms with Gasteiger partial charge in [-0.2, -0.15) is 0 Å². The van der Waals surface area contributed by atoms with Crippen LogP contribution in [-0.4, -0.2) is 48.2 Å². The molecule has 0 bridgehead atoms. The Morgan fingerprint density at radius 2 is 1.95 bits per heavy atom. The summed E-state index contributed by atoms with van der Waals surface area (Å²) in [5, 5.41) is 9.03. The maximum atomic E-state index is 12.0. The normalized spacial score (nSPS) is 17.9. The average molecular weight is 279 g/mol. The van der Waals surface area contributed by atoms with Gasteiger partial charge in [-0.05, 0) is 37.1 Å². The van der Waals surface area contributed by atoms with Crippen LogP contribution in [0.2, 0.25) is 0 Å². The summed E-state index contributed by atoms with van der Waals surface area (Å²) in [5.41, 5.74) is 0. The minimum Gasteiger partial charge on any atom is -0.497 e. The Bertz CT molecular complexity index is 485. The summed E-state index contributed by atoms with van der Waals surface area (Å²) in [6.07, 6.45) is 1.22. The Hall–Kier alpha value is -2.24. The van der Waals surface area contributed by atoms with Gasteiger partial charge in [0.25, 0.3) is 5.91 Å². The fraction of sp³-hybridized carbons (Fsp3) is 0.429. The number of carbonyl (C=O) groups excluding carboxylic acids is 1. The second-order valence-corrected chi connectivity index (χ2v) is 4.55. The van der Waals surface area contributed by atoms with Gasteiger partial charge in [0.15, 0.2) is 6.61 Å². The predicted molar refractivity (Wildman–Crippen MR) is 70.9 cm³/mol. The molecule has 1 atom stereocenters. The van der Waals surface area contributed by atoms with Gasteiger partial charge in [0.2, 0.25) is 0 Å². The topological polar surface area (TPSA) is 76.1 Å². The molecule has 108 valence electrons. The number of methoxy groups -OCH3 is 1. The Labute approximate surface area is 116 Å². The van der Waals surface area contributed by atoms with Gasteiger partial charge in [-0.15, -0.1) is 0 Å². The number of hydrogen-bond acceptors (Lipinski definition) is 4. The van der Waals surface area contributed by atoms with E-state index in [9.17, 15) is 9.59 Å². The Balaban J connectivity index is 1.89. The van der Waals surface area contributed by atoms with E-state index in [1.54, 1.807) is 31.4 Å². The molecule has 1 aliphatic heterocycles. The van der Waals surface area contributed by atoms with Gasteiger partial charge in [-0.1, -0.05) is 0 Å². The summed E-state index contributed by atoms with van der Waals surface area (Å²) in [4.78, 5) is 24.3. The summed E-state index contributed by atoms with van der Waals surface area (Å²) in [5.74, 6) is -0.00889. The van der Waals surface area contributed by atoms with Crippen LogP contribution in [0.25, 0.3) is 0 Å². The molecule has 1 heterocycles. The lowest BCUT2D eigenvalue weighted by Gasteiger charge is -2.21. The van der Waals surface area contributed by atoms with Gasteiger partial charge in [-0.25, -0.2) is 4.79 Å². The Morgan fingerprint density at radius 3 is 2.55 bits per heavy atom. The molecule has 1 aromatic rings. The lowest BCUT2D eigenvalue weighted by atomic mass is 10.2. The van der Waals surface area contributed by atoms with Gasteiger partial charge in [0.05, 0.1) is 7.11 Å². The molecule has 0 spiro atoms. The smallest absolute Gasteiger partial charge is 0.326 e. The zero-order chi connectivity index (χ0) is 14.5. The highest BCUT2D eigenvalue weighted by atomic mass is 16.5. The van der Waals surface area contributed by atoms with Crippen molar-refractivity contribution in [2.24, 2.45) is 0 Å². The van der Waals surface area contributed by atoms with E-state index >= 15 is 0 Å². The van der Waals surface area contributed by atoms with Crippen LogP contribution >= 0.6 is 0 Å². The first-order valence-electron chi connectivity index (χ1n) is 6.41. The number of rotatable bonds is 5. The first kappa shape index (κ1) is 14.2. The molecule has 0 saturated carbocycles. The molecule has 1 fully saturated rings. The molecule has 1 aliphatic rings. The lowest BCUT2D eigenvalue weighted by Crippen LogP contribution is -2.42. The van der Waals surface area contributed by atoms with Crippen LogP contribution in [-0.2, 0) is 9.59 Å². The number of nitrogens with zero attached hydrogens (tertiary/aromatic N) is 1. The van der Waals surface area contributed by atoms with E-state index in [2.05, 4.69) is 0 Å². The number of carbonyl (C=O) groups is 2. The van der Waals surface area contributed by atoms with E-state index < -0.39 is 12.0 Å². The average Bonchev–Trinajstić information content (AvgIpc) is 2.95. The van der Waals surface area contributed by atoms with Crippen LogP contribution in [0.1, 0.15) is 12.8 Å². The number of likely N-dealkylation sites (tertiary alicyclic amines) is 1.